The largest absolute Gasteiger partial charge is 0.342 e. The van der Waals surface area contributed by atoms with E-state index in [4.69, 9.17) is 11.6 Å². The summed E-state index contributed by atoms with van der Waals surface area (Å²) in [6.45, 7) is 2.54. The zero-order chi connectivity index (χ0) is 23.6. The standard InChI is InChI=1S/C24H27ClN4O3S/c1-17-3-9-21(10-4-17)33(31,32)29-14-11-19(12-15-29)24(30)27-22(23-26-13-16-28(23)2)18-5-7-20(25)8-6-18/h3-10,13,16,19,22H,11-12,14-15H2,1-2H3,(H,27,30)/t22-/m1/s1. The molecule has 1 aromatic heterocycles. The third-order valence-corrected chi connectivity index (χ3v) is 8.25. The molecule has 4 rings (SSSR count). The summed E-state index contributed by atoms with van der Waals surface area (Å²) >= 11 is 6.04. The molecule has 0 saturated carbocycles. The molecule has 1 fully saturated rings. The van der Waals surface area contributed by atoms with Crippen LogP contribution in [0.25, 0.3) is 0 Å². The van der Waals surface area contributed by atoms with Gasteiger partial charge in [-0.05, 0) is 49.6 Å². The van der Waals surface area contributed by atoms with E-state index in [2.05, 4.69) is 10.3 Å². The van der Waals surface area contributed by atoms with Gasteiger partial charge in [-0.25, -0.2) is 13.4 Å². The summed E-state index contributed by atoms with van der Waals surface area (Å²) in [5, 5.41) is 3.74. The molecule has 33 heavy (non-hydrogen) atoms. The summed E-state index contributed by atoms with van der Waals surface area (Å²) in [7, 11) is -1.68. The van der Waals surface area contributed by atoms with Gasteiger partial charge in [-0.2, -0.15) is 4.31 Å². The van der Waals surface area contributed by atoms with E-state index in [9.17, 15) is 13.2 Å². The van der Waals surface area contributed by atoms with Crippen LogP contribution in [0.15, 0.2) is 65.8 Å². The van der Waals surface area contributed by atoms with E-state index in [1.165, 1.54) is 4.31 Å². The first-order valence-electron chi connectivity index (χ1n) is 10.9. The number of aromatic nitrogens is 2. The van der Waals surface area contributed by atoms with Crippen LogP contribution in [0, 0.1) is 12.8 Å². The molecule has 0 aliphatic carbocycles. The number of carbonyl (C=O) groups is 1. The van der Waals surface area contributed by atoms with E-state index >= 15 is 0 Å². The number of piperidine rings is 1. The smallest absolute Gasteiger partial charge is 0.243 e. The van der Waals surface area contributed by atoms with Crippen molar-refractivity contribution in [1.29, 1.82) is 0 Å². The van der Waals surface area contributed by atoms with Crippen molar-refractivity contribution in [2.24, 2.45) is 13.0 Å². The fourth-order valence-electron chi connectivity index (χ4n) is 4.09. The highest BCUT2D eigenvalue weighted by atomic mass is 35.5. The minimum atomic E-state index is -3.56. The molecule has 1 N–H and O–H groups in total. The molecule has 1 saturated heterocycles. The summed E-state index contributed by atoms with van der Waals surface area (Å²) < 4.78 is 29.3. The van der Waals surface area contributed by atoms with Gasteiger partial charge in [0.05, 0.1) is 4.90 Å². The van der Waals surface area contributed by atoms with Crippen LogP contribution in [0.4, 0.5) is 0 Å². The van der Waals surface area contributed by atoms with Crippen molar-refractivity contribution in [3.63, 3.8) is 0 Å². The van der Waals surface area contributed by atoms with Crippen LogP contribution in [-0.4, -0.2) is 41.3 Å². The number of hydrogen-bond acceptors (Lipinski definition) is 4. The van der Waals surface area contributed by atoms with Crippen molar-refractivity contribution >= 4 is 27.5 Å². The Labute approximate surface area is 199 Å². The highest BCUT2D eigenvalue weighted by molar-refractivity contribution is 7.89. The zero-order valence-electron chi connectivity index (χ0n) is 18.6. The second-order valence-electron chi connectivity index (χ2n) is 8.38. The molecule has 1 aliphatic heterocycles. The number of rotatable bonds is 6. The topological polar surface area (TPSA) is 84.3 Å². The molecule has 0 spiro atoms. The molecule has 174 valence electrons. The molecular formula is C24H27ClN4O3S. The number of benzene rings is 2. The Morgan fingerprint density at radius 3 is 2.30 bits per heavy atom. The third-order valence-electron chi connectivity index (χ3n) is 6.09. The van der Waals surface area contributed by atoms with Crippen molar-refractivity contribution in [3.8, 4) is 0 Å². The van der Waals surface area contributed by atoms with Gasteiger partial charge in [0.1, 0.15) is 11.9 Å². The van der Waals surface area contributed by atoms with Crippen molar-refractivity contribution in [3.05, 3.63) is 82.9 Å². The molecule has 0 unspecified atom stereocenters. The predicted molar refractivity (Wildman–Crippen MR) is 127 cm³/mol. The Morgan fingerprint density at radius 1 is 1.09 bits per heavy atom. The van der Waals surface area contributed by atoms with Crippen LogP contribution in [-0.2, 0) is 21.9 Å². The van der Waals surface area contributed by atoms with Gasteiger partial charge < -0.3 is 9.88 Å². The van der Waals surface area contributed by atoms with Gasteiger partial charge in [0.25, 0.3) is 0 Å². The van der Waals surface area contributed by atoms with Crippen LogP contribution in [0.1, 0.15) is 35.8 Å². The number of nitrogens with zero attached hydrogens (tertiary/aromatic N) is 3. The Morgan fingerprint density at radius 2 is 1.73 bits per heavy atom. The molecule has 1 amide bonds. The molecule has 9 heteroatoms. The Balaban J connectivity index is 1.45. The molecule has 7 nitrogen and oxygen atoms in total. The van der Waals surface area contributed by atoms with Gasteiger partial charge in [-0.3, -0.25) is 4.79 Å². The van der Waals surface area contributed by atoms with Crippen molar-refractivity contribution in [1.82, 2.24) is 19.2 Å². The highest BCUT2D eigenvalue weighted by Gasteiger charge is 2.33. The van der Waals surface area contributed by atoms with E-state index < -0.39 is 16.1 Å². The number of imidazole rings is 1. The first-order chi connectivity index (χ1) is 15.8. The van der Waals surface area contributed by atoms with Gasteiger partial charge >= 0.3 is 0 Å². The Kier molecular flexibility index (Phi) is 6.88. The first-order valence-corrected chi connectivity index (χ1v) is 12.7. The number of aryl methyl sites for hydroxylation is 2. The SMILES string of the molecule is Cc1ccc(S(=O)(=O)N2CCC(C(=O)N[C@H](c3ccc(Cl)cc3)c3nccn3C)CC2)cc1. The monoisotopic (exact) mass is 486 g/mol. The predicted octanol–water partition coefficient (Wildman–Crippen LogP) is 3.69. The van der Waals surface area contributed by atoms with E-state index in [1.807, 2.05) is 36.9 Å². The van der Waals surface area contributed by atoms with Crippen LogP contribution in [0.5, 0.6) is 0 Å². The second-order valence-corrected chi connectivity index (χ2v) is 10.8. The number of carbonyl (C=O) groups excluding carboxylic acids is 1. The lowest BCUT2D eigenvalue weighted by Crippen LogP contribution is -2.44. The maximum atomic E-state index is 13.2. The Bertz CT molecular complexity index is 1220. The Hall–Kier alpha value is -2.68. The number of amides is 1. The highest BCUT2D eigenvalue weighted by Crippen LogP contribution is 2.27. The summed E-state index contributed by atoms with van der Waals surface area (Å²) in [5.41, 5.74) is 1.88. The van der Waals surface area contributed by atoms with Gasteiger partial charge in [0, 0.05) is 43.5 Å². The fraction of sp³-hybridized carbons (Fsp3) is 0.333. The number of nitrogens with one attached hydrogen (secondary N) is 1. The zero-order valence-corrected chi connectivity index (χ0v) is 20.2. The molecule has 2 heterocycles. The normalized spacial score (nSPS) is 16.5. The number of hydrogen-bond donors (Lipinski definition) is 1. The lowest BCUT2D eigenvalue weighted by molar-refractivity contribution is -0.126. The molecule has 3 aromatic rings. The van der Waals surface area contributed by atoms with Gasteiger partial charge in [0.2, 0.25) is 15.9 Å². The average molecular weight is 487 g/mol. The molecule has 1 atom stereocenters. The fourth-order valence-corrected chi connectivity index (χ4v) is 5.68. The van der Waals surface area contributed by atoms with Crippen molar-refractivity contribution < 1.29 is 13.2 Å². The van der Waals surface area contributed by atoms with E-state index in [-0.39, 0.29) is 16.7 Å². The van der Waals surface area contributed by atoms with E-state index in [0.29, 0.717) is 36.8 Å². The lowest BCUT2D eigenvalue weighted by atomic mass is 9.96. The summed E-state index contributed by atoms with van der Waals surface area (Å²) in [5.74, 6) is 0.333. The minimum Gasteiger partial charge on any atom is -0.342 e. The second kappa shape index (κ2) is 9.67. The summed E-state index contributed by atoms with van der Waals surface area (Å²) in [6.07, 6.45) is 4.45. The van der Waals surface area contributed by atoms with E-state index in [1.54, 1.807) is 42.6 Å². The molecular weight excluding hydrogens is 460 g/mol. The minimum absolute atomic E-state index is 0.106. The lowest BCUT2D eigenvalue weighted by Gasteiger charge is -2.31. The van der Waals surface area contributed by atoms with Gasteiger partial charge in [0.15, 0.2) is 0 Å². The van der Waals surface area contributed by atoms with Crippen LogP contribution in [0.3, 0.4) is 0 Å². The number of sulfonamides is 1. The average Bonchev–Trinajstić information content (AvgIpc) is 3.24. The van der Waals surface area contributed by atoms with Crippen LogP contribution in [0.2, 0.25) is 5.02 Å². The first kappa shape index (κ1) is 23.5. The van der Waals surface area contributed by atoms with Crippen molar-refractivity contribution in [2.45, 2.75) is 30.7 Å². The van der Waals surface area contributed by atoms with Crippen LogP contribution >= 0.6 is 11.6 Å². The molecule has 0 radical (unpaired) electrons. The summed E-state index contributed by atoms with van der Waals surface area (Å²) in [4.78, 5) is 17.9. The molecule has 1 aliphatic rings. The number of halogens is 1. The van der Waals surface area contributed by atoms with Gasteiger partial charge in [-0.15, -0.1) is 0 Å². The van der Waals surface area contributed by atoms with E-state index in [0.717, 1.165) is 11.1 Å². The van der Waals surface area contributed by atoms with Gasteiger partial charge in [-0.1, -0.05) is 41.4 Å². The molecule has 2 aromatic carbocycles. The quantitative estimate of drug-likeness (QED) is 0.576. The van der Waals surface area contributed by atoms with Crippen molar-refractivity contribution in [2.75, 3.05) is 13.1 Å². The summed E-state index contributed by atoms with van der Waals surface area (Å²) in [6, 6.07) is 13.7. The maximum absolute atomic E-state index is 13.2. The van der Waals surface area contributed by atoms with Crippen LogP contribution < -0.4 is 5.32 Å². The maximum Gasteiger partial charge on any atom is 0.243 e. The molecule has 0 bridgehead atoms. The third kappa shape index (κ3) is 5.13.